The van der Waals surface area contributed by atoms with E-state index in [0.717, 1.165) is 5.56 Å². The van der Waals surface area contributed by atoms with Crippen molar-refractivity contribution in [3.05, 3.63) is 35.4 Å². The highest BCUT2D eigenvalue weighted by molar-refractivity contribution is 5.81. The molecule has 1 aromatic carbocycles. The fourth-order valence-electron chi connectivity index (χ4n) is 1.37. The van der Waals surface area contributed by atoms with Gasteiger partial charge in [0.15, 0.2) is 6.10 Å². The Labute approximate surface area is 88.9 Å². The van der Waals surface area contributed by atoms with Crippen LogP contribution in [0.3, 0.4) is 0 Å². The summed E-state index contributed by atoms with van der Waals surface area (Å²) in [6, 6.07) is 7.16. The minimum atomic E-state index is -1.14. The van der Waals surface area contributed by atoms with Gasteiger partial charge in [-0.2, -0.15) is 0 Å². The van der Waals surface area contributed by atoms with Crippen molar-refractivity contribution in [1.29, 1.82) is 0 Å². The van der Waals surface area contributed by atoms with Crippen molar-refractivity contribution in [1.82, 2.24) is 5.32 Å². The van der Waals surface area contributed by atoms with Crippen molar-refractivity contribution in [2.24, 2.45) is 0 Å². The Balaban J connectivity index is 2.96. The van der Waals surface area contributed by atoms with Crippen LogP contribution < -0.4 is 5.32 Å². The summed E-state index contributed by atoms with van der Waals surface area (Å²) in [7, 11) is 3.06. The molecule has 0 heterocycles. The highest BCUT2D eigenvalue weighted by Gasteiger charge is 2.18. The summed E-state index contributed by atoms with van der Waals surface area (Å²) in [6.45, 7) is 0.379. The van der Waals surface area contributed by atoms with Crippen LogP contribution in [-0.4, -0.2) is 25.2 Å². The number of aliphatic hydroxyl groups is 1. The molecular formula is C11H15NO3. The maximum atomic E-state index is 11.3. The number of amides is 1. The molecule has 0 spiro atoms. The molecule has 0 radical (unpaired) electrons. The van der Waals surface area contributed by atoms with Crippen LogP contribution in [0.25, 0.3) is 0 Å². The first-order valence-corrected chi connectivity index (χ1v) is 4.67. The van der Waals surface area contributed by atoms with Gasteiger partial charge in [-0.15, -0.1) is 0 Å². The van der Waals surface area contributed by atoms with Crippen LogP contribution in [0, 0.1) is 0 Å². The monoisotopic (exact) mass is 209 g/mol. The average molecular weight is 209 g/mol. The Bertz CT molecular complexity index is 338. The zero-order valence-corrected chi connectivity index (χ0v) is 8.86. The second kappa shape index (κ2) is 5.48. The second-order valence-electron chi connectivity index (χ2n) is 3.15. The number of benzene rings is 1. The van der Waals surface area contributed by atoms with Crippen LogP contribution in [0.15, 0.2) is 24.3 Å². The maximum absolute atomic E-state index is 11.3. The van der Waals surface area contributed by atoms with E-state index in [1.54, 1.807) is 19.2 Å². The molecule has 4 heteroatoms. The van der Waals surface area contributed by atoms with Crippen LogP contribution in [0.4, 0.5) is 0 Å². The molecule has 0 saturated heterocycles. The highest BCUT2D eigenvalue weighted by Crippen LogP contribution is 2.18. The molecule has 0 saturated carbocycles. The van der Waals surface area contributed by atoms with E-state index in [9.17, 15) is 9.90 Å². The summed E-state index contributed by atoms with van der Waals surface area (Å²) in [5.74, 6) is -0.418. The summed E-state index contributed by atoms with van der Waals surface area (Å²) in [5, 5.41) is 12.1. The van der Waals surface area contributed by atoms with E-state index in [1.807, 2.05) is 12.1 Å². The molecular weight excluding hydrogens is 194 g/mol. The topological polar surface area (TPSA) is 58.6 Å². The third kappa shape index (κ3) is 2.78. The SMILES string of the molecule is CNC(=O)C(O)c1ccccc1COC. The fourth-order valence-corrected chi connectivity index (χ4v) is 1.37. The molecule has 0 aliphatic rings. The van der Waals surface area contributed by atoms with Crippen molar-refractivity contribution in [2.45, 2.75) is 12.7 Å². The lowest BCUT2D eigenvalue weighted by Gasteiger charge is -2.13. The predicted octanol–water partition coefficient (Wildman–Crippen LogP) is 0.612. The van der Waals surface area contributed by atoms with Gasteiger partial charge in [-0.05, 0) is 11.1 Å². The van der Waals surface area contributed by atoms with E-state index in [1.165, 1.54) is 7.05 Å². The molecule has 1 unspecified atom stereocenters. The number of nitrogens with one attached hydrogen (secondary N) is 1. The first-order valence-electron chi connectivity index (χ1n) is 4.67. The Morgan fingerprint density at radius 1 is 1.53 bits per heavy atom. The van der Waals surface area contributed by atoms with Gasteiger partial charge in [-0.25, -0.2) is 0 Å². The number of aliphatic hydroxyl groups excluding tert-OH is 1. The zero-order valence-electron chi connectivity index (χ0n) is 8.86. The van der Waals surface area contributed by atoms with E-state index in [2.05, 4.69) is 5.32 Å². The largest absolute Gasteiger partial charge is 0.380 e. The number of ether oxygens (including phenoxy) is 1. The van der Waals surface area contributed by atoms with E-state index in [-0.39, 0.29) is 0 Å². The number of hydrogen-bond acceptors (Lipinski definition) is 3. The number of carbonyl (C=O) groups is 1. The van der Waals surface area contributed by atoms with Crippen molar-refractivity contribution in [2.75, 3.05) is 14.2 Å². The Kier molecular flexibility index (Phi) is 4.27. The van der Waals surface area contributed by atoms with Crippen molar-refractivity contribution in [3.8, 4) is 0 Å². The van der Waals surface area contributed by atoms with Gasteiger partial charge in [0.25, 0.3) is 5.91 Å². The lowest BCUT2D eigenvalue weighted by molar-refractivity contribution is -0.129. The van der Waals surface area contributed by atoms with Gasteiger partial charge in [0.05, 0.1) is 6.61 Å². The molecule has 0 aliphatic carbocycles. The average Bonchev–Trinajstić information content (AvgIpc) is 2.28. The first kappa shape index (κ1) is 11.7. The molecule has 15 heavy (non-hydrogen) atoms. The van der Waals surface area contributed by atoms with Crippen LogP contribution in [0.2, 0.25) is 0 Å². The zero-order chi connectivity index (χ0) is 11.3. The quantitative estimate of drug-likeness (QED) is 0.764. The molecule has 2 N–H and O–H groups in total. The third-order valence-electron chi connectivity index (χ3n) is 2.14. The van der Waals surface area contributed by atoms with Gasteiger partial charge in [0.2, 0.25) is 0 Å². The lowest BCUT2D eigenvalue weighted by Crippen LogP contribution is -2.26. The minimum Gasteiger partial charge on any atom is -0.380 e. The van der Waals surface area contributed by atoms with E-state index < -0.39 is 12.0 Å². The lowest BCUT2D eigenvalue weighted by atomic mass is 10.0. The van der Waals surface area contributed by atoms with Crippen LogP contribution in [-0.2, 0) is 16.1 Å². The standard InChI is InChI=1S/C11H15NO3/c1-12-11(14)10(13)9-6-4-3-5-8(9)7-15-2/h3-6,10,13H,7H2,1-2H3,(H,12,14). The van der Waals surface area contributed by atoms with Crippen molar-refractivity contribution < 1.29 is 14.6 Å². The van der Waals surface area contributed by atoms with E-state index >= 15 is 0 Å². The number of likely N-dealkylation sites (N-methyl/N-ethyl adjacent to an activating group) is 1. The van der Waals surface area contributed by atoms with E-state index in [0.29, 0.717) is 12.2 Å². The van der Waals surface area contributed by atoms with E-state index in [4.69, 9.17) is 4.74 Å². The molecule has 1 atom stereocenters. The molecule has 4 nitrogen and oxygen atoms in total. The molecule has 82 valence electrons. The smallest absolute Gasteiger partial charge is 0.253 e. The maximum Gasteiger partial charge on any atom is 0.253 e. The first-order chi connectivity index (χ1) is 7.20. The van der Waals surface area contributed by atoms with Gasteiger partial charge < -0.3 is 15.2 Å². The Morgan fingerprint density at radius 2 is 2.20 bits per heavy atom. The minimum absolute atomic E-state index is 0.379. The summed E-state index contributed by atoms with van der Waals surface area (Å²) in [5.41, 5.74) is 1.40. The molecule has 0 fully saturated rings. The van der Waals surface area contributed by atoms with Crippen molar-refractivity contribution in [3.63, 3.8) is 0 Å². The van der Waals surface area contributed by atoms with Gasteiger partial charge in [0, 0.05) is 14.2 Å². The number of carbonyl (C=O) groups excluding carboxylic acids is 1. The van der Waals surface area contributed by atoms with Crippen LogP contribution in [0.5, 0.6) is 0 Å². The molecule has 1 amide bonds. The van der Waals surface area contributed by atoms with Gasteiger partial charge in [0.1, 0.15) is 0 Å². The highest BCUT2D eigenvalue weighted by atomic mass is 16.5. The Hall–Kier alpha value is -1.39. The second-order valence-corrected chi connectivity index (χ2v) is 3.15. The summed E-state index contributed by atoms with van der Waals surface area (Å²) in [4.78, 5) is 11.3. The molecule has 0 bridgehead atoms. The molecule has 1 aromatic rings. The molecule has 0 aromatic heterocycles. The predicted molar refractivity (Wildman–Crippen MR) is 56.2 cm³/mol. The molecule has 0 aliphatic heterocycles. The third-order valence-corrected chi connectivity index (χ3v) is 2.14. The summed E-state index contributed by atoms with van der Waals surface area (Å²) in [6.07, 6.45) is -1.14. The normalized spacial score (nSPS) is 12.2. The number of methoxy groups -OCH3 is 1. The fraction of sp³-hybridized carbons (Fsp3) is 0.364. The number of rotatable bonds is 4. The summed E-state index contributed by atoms with van der Waals surface area (Å²) < 4.78 is 4.99. The Morgan fingerprint density at radius 3 is 2.80 bits per heavy atom. The van der Waals surface area contributed by atoms with Gasteiger partial charge in [-0.1, -0.05) is 24.3 Å². The molecule has 1 rings (SSSR count). The number of hydrogen-bond donors (Lipinski definition) is 2. The van der Waals surface area contributed by atoms with Crippen LogP contribution in [0.1, 0.15) is 17.2 Å². The van der Waals surface area contributed by atoms with Crippen LogP contribution >= 0.6 is 0 Å². The van der Waals surface area contributed by atoms with Crippen molar-refractivity contribution >= 4 is 5.91 Å². The summed E-state index contributed by atoms with van der Waals surface area (Å²) >= 11 is 0. The van der Waals surface area contributed by atoms with Gasteiger partial charge >= 0.3 is 0 Å². The van der Waals surface area contributed by atoms with Gasteiger partial charge in [-0.3, -0.25) is 4.79 Å².